The Morgan fingerprint density at radius 2 is 2.00 bits per heavy atom. The minimum absolute atomic E-state index is 0.278. The molecule has 0 fully saturated rings. The largest absolute Gasteiger partial charge is 0.454 e. The summed E-state index contributed by atoms with van der Waals surface area (Å²) in [4.78, 5) is 0. The monoisotopic (exact) mass is 194 g/mol. The Kier molecular flexibility index (Phi) is 2.33. The molecule has 0 amide bonds. The highest BCUT2D eigenvalue weighted by molar-refractivity contribution is 5.48. The summed E-state index contributed by atoms with van der Waals surface area (Å²) in [5.41, 5.74) is 1.97. The first-order chi connectivity index (χ1) is 6.72. The summed E-state index contributed by atoms with van der Waals surface area (Å²) in [5, 5.41) is 9.74. The third kappa shape index (κ3) is 1.44. The van der Waals surface area contributed by atoms with Crippen LogP contribution in [0.1, 0.15) is 30.6 Å². The van der Waals surface area contributed by atoms with E-state index in [0.29, 0.717) is 6.42 Å². The van der Waals surface area contributed by atoms with Gasteiger partial charge in [0.15, 0.2) is 11.5 Å². The van der Waals surface area contributed by atoms with Crippen molar-refractivity contribution in [2.24, 2.45) is 0 Å². The molecule has 1 aliphatic heterocycles. The first kappa shape index (κ1) is 9.34. The first-order valence-corrected chi connectivity index (χ1v) is 4.80. The smallest absolute Gasteiger partial charge is 0.231 e. The maximum absolute atomic E-state index is 9.74. The Morgan fingerprint density at radius 1 is 1.36 bits per heavy atom. The normalized spacial score (nSPS) is 15.6. The lowest BCUT2D eigenvalue weighted by Gasteiger charge is -2.12. The third-order valence-corrected chi connectivity index (χ3v) is 2.51. The van der Waals surface area contributed by atoms with Crippen LogP contribution in [0.3, 0.4) is 0 Å². The van der Waals surface area contributed by atoms with E-state index in [-0.39, 0.29) is 6.79 Å². The van der Waals surface area contributed by atoms with Gasteiger partial charge in [-0.05, 0) is 36.6 Å². The number of aliphatic hydroxyl groups is 1. The fraction of sp³-hybridized carbons (Fsp3) is 0.455. The second-order valence-electron chi connectivity index (χ2n) is 3.49. The van der Waals surface area contributed by atoms with Gasteiger partial charge in [-0.1, -0.05) is 6.92 Å². The Balaban J connectivity index is 2.42. The Morgan fingerprint density at radius 3 is 2.64 bits per heavy atom. The molecule has 0 aliphatic carbocycles. The lowest BCUT2D eigenvalue weighted by Crippen LogP contribution is -1.98. The third-order valence-electron chi connectivity index (χ3n) is 2.51. The van der Waals surface area contributed by atoms with Gasteiger partial charge < -0.3 is 14.6 Å². The SMILES string of the molecule is CCC(O)c1cc2c(cc1C)OCO2. The molecule has 1 aliphatic rings. The van der Waals surface area contributed by atoms with Crippen LogP contribution < -0.4 is 9.47 Å². The van der Waals surface area contributed by atoms with Crippen LogP contribution in [0.5, 0.6) is 11.5 Å². The second-order valence-corrected chi connectivity index (χ2v) is 3.49. The maximum Gasteiger partial charge on any atom is 0.231 e. The van der Waals surface area contributed by atoms with Crippen molar-refractivity contribution >= 4 is 0 Å². The molecule has 1 aromatic carbocycles. The molecular weight excluding hydrogens is 180 g/mol. The van der Waals surface area contributed by atoms with Gasteiger partial charge in [0.25, 0.3) is 0 Å². The van der Waals surface area contributed by atoms with Gasteiger partial charge in [0.05, 0.1) is 6.10 Å². The number of hydrogen-bond acceptors (Lipinski definition) is 3. The molecule has 14 heavy (non-hydrogen) atoms. The van der Waals surface area contributed by atoms with Crippen LogP contribution in [0.4, 0.5) is 0 Å². The van der Waals surface area contributed by atoms with E-state index in [4.69, 9.17) is 9.47 Å². The van der Waals surface area contributed by atoms with Gasteiger partial charge in [0, 0.05) is 0 Å². The van der Waals surface area contributed by atoms with E-state index in [0.717, 1.165) is 22.6 Å². The first-order valence-electron chi connectivity index (χ1n) is 4.80. The number of rotatable bonds is 2. The number of benzene rings is 1. The lowest BCUT2D eigenvalue weighted by atomic mass is 10.0. The minimum Gasteiger partial charge on any atom is -0.454 e. The average molecular weight is 194 g/mol. The summed E-state index contributed by atoms with van der Waals surface area (Å²) in [6.07, 6.45) is 0.296. The van der Waals surface area contributed by atoms with Gasteiger partial charge in [-0.2, -0.15) is 0 Å². The fourth-order valence-corrected chi connectivity index (χ4v) is 1.64. The molecule has 0 radical (unpaired) electrons. The summed E-state index contributed by atoms with van der Waals surface area (Å²) in [5.74, 6) is 1.51. The Hall–Kier alpha value is -1.22. The molecule has 2 rings (SSSR count). The zero-order valence-corrected chi connectivity index (χ0v) is 8.41. The van der Waals surface area contributed by atoms with Crippen LogP contribution in [-0.2, 0) is 0 Å². The number of fused-ring (bicyclic) bond motifs is 1. The topological polar surface area (TPSA) is 38.7 Å². The van der Waals surface area contributed by atoms with E-state index in [2.05, 4.69) is 0 Å². The quantitative estimate of drug-likeness (QED) is 0.784. The van der Waals surface area contributed by atoms with Crippen LogP contribution >= 0.6 is 0 Å². The summed E-state index contributed by atoms with van der Waals surface area (Å²) >= 11 is 0. The van der Waals surface area contributed by atoms with Crippen molar-refractivity contribution in [1.82, 2.24) is 0 Å². The van der Waals surface area contributed by atoms with Crippen molar-refractivity contribution < 1.29 is 14.6 Å². The van der Waals surface area contributed by atoms with Crippen LogP contribution in [0.2, 0.25) is 0 Å². The highest BCUT2D eigenvalue weighted by atomic mass is 16.7. The number of aryl methyl sites for hydroxylation is 1. The van der Waals surface area contributed by atoms with Crippen molar-refractivity contribution in [1.29, 1.82) is 0 Å². The van der Waals surface area contributed by atoms with Crippen LogP contribution in [0, 0.1) is 6.92 Å². The van der Waals surface area contributed by atoms with Gasteiger partial charge in [0.2, 0.25) is 6.79 Å². The number of aliphatic hydroxyl groups excluding tert-OH is 1. The summed E-state index contributed by atoms with van der Waals surface area (Å²) in [6.45, 7) is 4.20. The molecule has 76 valence electrons. The Labute approximate surface area is 83.3 Å². The van der Waals surface area contributed by atoms with E-state index in [1.165, 1.54) is 0 Å². The standard InChI is InChI=1S/C11H14O3/c1-3-9(12)8-5-11-10(4-7(8)2)13-6-14-11/h4-5,9,12H,3,6H2,1-2H3. The van der Waals surface area contributed by atoms with Crippen molar-refractivity contribution in [3.8, 4) is 11.5 Å². The molecule has 0 saturated carbocycles. The second kappa shape index (κ2) is 3.50. The lowest BCUT2D eigenvalue weighted by molar-refractivity contribution is 0.169. The molecule has 1 unspecified atom stereocenters. The molecule has 1 atom stereocenters. The van der Waals surface area contributed by atoms with Gasteiger partial charge in [-0.15, -0.1) is 0 Å². The molecule has 0 aromatic heterocycles. The number of hydrogen-bond donors (Lipinski definition) is 1. The number of ether oxygens (including phenoxy) is 2. The molecule has 0 spiro atoms. The van der Waals surface area contributed by atoms with E-state index in [9.17, 15) is 5.11 Å². The molecular formula is C11H14O3. The van der Waals surface area contributed by atoms with Crippen molar-refractivity contribution in [2.75, 3.05) is 6.79 Å². The minimum atomic E-state index is -0.413. The predicted octanol–water partition coefficient (Wildman–Crippen LogP) is 2.17. The highest BCUT2D eigenvalue weighted by Crippen LogP contribution is 2.36. The summed E-state index contributed by atoms with van der Waals surface area (Å²) < 4.78 is 10.5. The van der Waals surface area contributed by atoms with Crippen molar-refractivity contribution in [3.63, 3.8) is 0 Å². The molecule has 1 heterocycles. The van der Waals surface area contributed by atoms with Crippen LogP contribution in [0.15, 0.2) is 12.1 Å². The molecule has 1 N–H and O–H groups in total. The molecule has 3 nitrogen and oxygen atoms in total. The summed E-state index contributed by atoms with van der Waals surface area (Å²) in [7, 11) is 0. The zero-order chi connectivity index (χ0) is 10.1. The molecule has 0 bridgehead atoms. The van der Waals surface area contributed by atoms with Gasteiger partial charge in [-0.25, -0.2) is 0 Å². The Bertz CT molecular complexity index is 347. The van der Waals surface area contributed by atoms with Crippen molar-refractivity contribution in [2.45, 2.75) is 26.4 Å². The van der Waals surface area contributed by atoms with E-state index in [1.807, 2.05) is 26.0 Å². The van der Waals surface area contributed by atoms with Gasteiger partial charge in [-0.3, -0.25) is 0 Å². The van der Waals surface area contributed by atoms with Crippen LogP contribution in [0.25, 0.3) is 0 Å². The predicted molar refractivity (Wildman–Crippen MR) is 52.6 cm³/mol. The van der Waals surface area contributed by atoms with E-state index >= 15 is 0 Å². The molecule has 0 saturated heterocycles. The van der Waals surface area contributed by atoms with Gasteiger partial charge in [0.1, 0.15) is 0 Å². The average Bonchev–Trinajstić information content (AvgIpc) is 2.62. The van der Waals surface area contributed by atoms with Crippen molar-refractivity contribution in [3.05, 3.63) is 23.3 Å². The zero-order valence-electron chi connectivity index (χ0n) is 8.41. The van der Waals surface area contributed by atoms with Crippen LogP contribution in [-0.4, -0.2) is 11.9 Å². The molecule has 1 aromatic rings. The summed E-state index contributed by atoms with van der Waals surface area (Å²) in [6, 6.07) is 3.78. The maximum atomic E-state index is 9.74. The van der Waals surface area contributed by atoms with E-state index in [1.54, 1.807) is 0 Å². The van der Waals surface area contributed by atoms with E-state index < -0.39 is 6.10 Å². The fourth-order valence-electron chi connectivity index (χ4n) is 1.64. The highest BCUT2D eigenvalue weighted by Gasteiger charge is 2.18. The molecule has 3 heteroatoms. The van der Waals surface area contributed by atoms with Gasteiger partial charge >= 0.3 is 0 Å².